The normalized spacial score (nSPS) is 11.0. The number of hydrogen-bond acceptors (Lipinski definition) is 4. The molecule has 0 unspecified atom stereocenters. The van der Waals surface area contributed by atoms with Gasteiger partial charge in [-0.3, -0.25) is 4.79 Å². The lowest BCUT2D eigenvalue weighted by Crippen LogP contribution is -2.06. The summed E-state index contributed by atoms with van der Waals surface area (Å²) in [4.78, 5) is 21.7. The first kappa shape index (κ1) is 14.9. The predicted molar refractivity (Wildman–Crippen MR) is 67.7 cm³/mol. The highest BCUT2D eigenvalue weighted by molar-refractivity contribution is 5.88. The Labute approximate surface area is 110 Å². The van der Waals surface area contributed by atoms with Crippen LogP contribution in [0.1, 0.15) is 23.7 Å². The summed E-state index contributed by atoms with van der Waals surface area (Å²) < 4.78 is 23.2. The number of carbonyl (C=O) groups excluding carboxylic acids is 2. The molecule has 0 N–H and O–H groups in total. The highest BCUT2D eigenvalue weighted by atomic mass is 19.1. The van der Waals surface area contributed by atoms with Gasteiger partial charge in [0.2, 0.25) is 0 Å². The Bertz CT molecular complexity index is 494. The second-order valence-electron chi connectivity index (χ2n) is 3.69. The molecule has 0 aliphatic carbocycles. The lowest BCUT2D eigenvalue weighted by molar-refractivity contribution is -0.136. The second-order valence-corrected chi connectivity index (χ2v) is 3.69. The number of ether oxygens (including phenoxy) is 2. The van der Waals surface area contributed by atoms with E-state index in [-0.39, 0.29) is 17.9 Å². The molecule has 4 nitrogen and oxygen atoms in total. The molecular formula is C14H15FO4. The van der Waals surface area contributed by atoms with Gasteiger partial charge in [0.15, 0.2) is 11.6 Å². The SMILES string of the molecule is CC/C(=C/COc1ccc(C=O)cc1F)C(=O)OC. The molecule has 0 amide bonds. The Morgan fingerprint density at radius 1 is 1.42 bits per heavy atom. The molecular weight excluding hydrogens is 251 g/mol. The van der Waals surface area contributed by atoms with Gasteiger partial charge in [0, 0.05) is 11.1 Å². The first-order chi connectivity index (χ1) is 9.12. The minimum atomic E-state index is -0.617. The molecule has 1 aromatic carbocycles. The van der Waals surface area contributed by atoms with Crippen molar-refractivity contribution in [2.24, 2.45) is 0 Å². The van der Waals surface area contributed by atoms with Crippen LogP contribution in [0, 0.1) is 5.82 Å². The maximum Gasteiger partial charge on any atom is 0.333 e. The molecule has 0 spiro atoms. The fraction of sp³-hybridized carbons (Fsp3) is 0.286. The third-order valence-electron chi connectivity index (χ3n) is 2.49. The Balaban J connectivity index is 2.69. The summed E-state index contributed by atoms with van der Waals surface area (Å²) in [5.41, 5.74) is 0.705. The van der Waals surface area contributed by atoms with E-state index in [1.807, 2.05) is 6.92 Å². The summed E-state index contributed by atoms with van der Waals surface area (Å²) in [6, 6.07) is 3.92. The fourth-order valence-electron chi connectivity index (χ4n) is 1.44. The van der Waals surface area contributed by atoms with E-state index in [1.165, 1.54) is 19.2 Å². The van der Waals surface area contributed by atoms with Crippen LogP contribution in [0.5, 0.6) is 5.75 Å². The molecule has 19 heavy (non-hydrogen) atoms. The summed E-state index contributed by atoms with van der Waals surface area (Å²) in [5, 5.41) is 0. The van der Waals surface area contributed by atoms with Crippen molar-refractivity contribution in [2.75, 3.05) is 13.7 Å². The number of aldehydes is 1. The number of benzene rings is 1. The fourth-order valence-corrected chi connectivity index (χ4v) is 1.44. The molecule has 0 saturated carbocycles. The quantitative estimate of drug-likeness (QED) is 0.451. The third-order valence-corrected chi connectivity index (χ3v) is 2.49. The van der Waals surface area contributed by atoms with Gasteiger partial charge in [0.1, 0.15) is 12.9 Å². The van der Waals surface area contributed by atoms with E-state index in [1.54, 1.807) is 6.08 Å². The molecule has 1 rings (SSSR count). The summed E-state index contributed by atoms with van der Waals surface area (Å²) >= 11 is 0. The maximum absolute atomic E-state index is 13.5. The van der Waals surface area contributed by atoms with E-state index in [9.17, 15) is 14.0 Å². The van der Waals surface area contributed by atoms with Crippen molar-refractivity contribution in [1.29, 1.82) is 0 Å². The van der Waals surface area contributed by atoms with Crippen LogP contribution < -0.4 is 4.74 Å². The van der Waals surface area contributed by atoms with E-state index in [0.29, 0.717) is 18.3 Å². The highest BCUT2D eigenvalue weighted by Crippen LogP contribution is 2.17. The van der Waals surface area contributed by atoms with Crippen LogP contribution in [0.4, 0.5) is 4.39 Å². The van der Waals surface area contributed by atoms with Crippen molar-refractivity contribution in [2.45, 2.75) is 13.3 Å². The van der Waals surface area contributed by atoms with Crippen molar-refractivity contribution >= 4 is 12.3 Å². The van der Waals surface area contributed by atoms with Gasteiger partial charge in [-0.1, -0.05) is 6.92 Å². The zero-order valence-corrected chi connectivity index (χ0v) is 10.8. The van der Waals surface area contributed by atoms with Crippen LogP contribution in [-0.4, -0.2) is 26.0 Å². The lowest BCUT2D eigenvalue weighted by atomic mass is 10.2. The standard InChI is InChI=1S/C14H15FO4/c1-3-11(14(17)18-2)6-7-19-13-5-4-10(9-16)8-12(13)15/h4-6,8-9H,3,7H2,1-2H3/b11-6-. The van der Waals surface area contributed by atoms with Crippen LogP contribution >= 0.6 is 0 Å². The zero-order chi connectivity index (χ0) is 14.3. The molecule has 0 saturated heterocycles. The summed E-state index contributed by atoms with van der Waals surface area (Å²) in [6.45, 7) is 1.86. The molecule has 0 aromatic heterocycles. The molecule has 0 atom stereocenters. The first-order valence-electron chi connectivity index (χ1n) is 5.77. The Kier molecular flexibility index (Phi) is 5.73. The van der Waals surface area contributed by atoms with Crippen LogP contribution in [0.2, 0.25) is 0 Å². The zero-order valence-electron chi connectivity index (χ0n) is 10.8. The van der Waals surface area contributed by atoms with E-state index in [2.05, 4.69) is 4.74 Å². The van der Waals surface area contributed by atoms with Crippen LogP contribution in [0.15, 0.2) is 29.8 Å². The van der Waals surface area contributed by atoms with E-state index in [0.717, 1.165) is 6.07 Å². The Hall–Kier alpha value is -2.17. The van der Waals surface area contributed by atoms with Gasteiger partial charge in [-0.25, -0.2) is 9.18 Å². The molecule has 5 heteroatoms. The number of rotatable bonds is 6. The molecule has 0 heterocycles. The molecule has 0 aliphatic heterocycles. The second kappa shape index (κ2) is 7.31. The van der Waals surface area contributed by atoms with Gasteiger partial charge in [0.05, 0.1) is 7.11 Å². The van der Waals surface area contributed by atoms with E-state index in [4.69, 9.17) is 4.74 Å². The molecule has 1 aromatic rings. The number of hydrogen-bond donors (Lipinski definition) is 0. The predicted octanol–water partition coefficient (Wildman–Crippen LogP) is 2.53. The first-order valence-corrected chi connectivity index (χ1v) is 5.77. The van der Waals surface area contributed by atoms with Gasteiger partial charge >= 0.3 is 5.97 Å². The van der Waals surface area contributed by atoms with E-state index >= 15 is 0 Å². The molecule has 0 bridgehead atoms. The van der Waals surface area contributed by atoms with Gasteiger partial charge in [-0.15, -0.1) is 0 Å². The van der Waals surface area contributed by atoms with Gasteiger partial charge < -0.3 is 9.47 Å². The van der Waals surface area contributed by atoms with Crippen molar-refractivity contribution in [3.8, 4) is 5.75 Å². The minimum absolute atomic E-state index is 0.0298. The average Bonchev–Trinajstić information content (AvgIpc) is 2.44. The average molecular weight is 266 g/mol. The number of esters is 1. The third kappa shape index (κ3) is 4.21. The van der Waals surface area contributed by atoms with Crippen molar-refractivity contribution in [1.82, 2.24) is 0 Å². The molecule has 0 fully saturated rings. The number of halogens is 1. The summed E-state index contributed by atoms with van der Waals surface area (Å²) in [7, 11) is 1.30. The van der Waals surface area contributed by atoms with Gasteiger partial charge in [-0.2, -0.15) is 0 Å². The minimum Gasteiger partial charge on any atom is -0.486 e. The Morgan fingerprint density at radius 3 is 2.68 bits per heavy atom. The van der Waals surface area contributed by atoms with Crippen molar-refractivity contribution < 1.29 is 23.5 Å². The maximum atomic E-state index is 13.5. The van der Waals surface area contributed by atoms with Gasteiger partial charge in [0.25, 0.3) is 0 Å². The smallest absolute Gasteiger partial charge is 0.333 e. The van der Waals surface area contributed by atoms with Gasteiger partial charge in [-0.05, 0) is 30.7 Å². The van der Waals surface area contributed by atoms with Crippen LogP contribution in [0.25, 0.3) is 0 Å². The van der Waals surface area contributed by atoms with E-state index < -0.39 is 11.8 Å². The largest absolute Gasteiger partial charge is 0.486 e. The summed E-state index contributed by atoms with van der Waals surface area (Å²) in [5.74, 6) is -1.01. The molecule has 102 valence electrons. The monoisotopic (exact) mass is 266 g/mol. The van der Waals surface area contributed by atoms with Crippen LogP contribution in [-0.2, 0) is 9.53 Å². The Morgan fingerprint density at radius 2 is 2.16 bits per heavy atom. The molecule has 0 radical (unpaired) electrons. The van der Waals surface area contributed by atoms with Crippen LogP contribution in [0.3, 0.4) is 0 Å². The number of carbonyl (C=O) groups is 2. The molecule has 0 aliphatic rings. The summed E-state index contributed by atoms with van der Waals surface area (Å²) in [6.07, 6.45) is 2.60. The lowest BCUT2D eigenvalue weighted by Gasteiger charge is -2.06. The van der Waals surface area contributed by atoms with Crippen molar-refractivity contribution in [3.63, 3.8) is 0 Å². The highest BCUT2D eigenvalue weighted by Gasteiger charge is 2.07. The van der Waals surface area contributed by atoms with Crippen molar-refractivity contribution in [3.05, 3.63) is 41.2 Å². The topological polar surface area (TPSA) is 52.6 Å². The number of methoxy groups -OCH3 is 1.